The van der Waals surface area contributed by atoms with Crippen LogP contribution in [0.15, 0.2) is 42.5 Å². The fourth-order valence-electron chi connectivity index (χ4n) is 2.23. The van der Waals surface area contributed by atoms with E-state index in [2.05, 4.69) is 5.32 Å². The van der Waals surface area contributed by atoms with E-state index in [1.165, 1.54) is 12.1 Å². The van der Waals surface area contributed by atoms with E-state index in [9.17, 15) is 9.18 Å². The van der Waals surface area contributed by atoms with Gasteiger partial charge in [0.05, 0.1) is 11.6 Å². The van der Waals surface area contributed by atoms with Crippen LogP contribution in [0.5, 0.6) is 5.75 Å². The quantitative estimate of drug-likeness (QED) is 0.824. The molecule has 0 saturated carbocycles. The van der Waals surface area contributed by atoms with Gasteiger partial charge in [-0.3, -0.25) is 4.79 Å². The van der Waals surface area contributed by atoms with Crippen LogP contribution in [0.25, 0.3) is 0 Å². The third-order valence-corrected chi connectivity index (χ3v) is 3.24. The van der Waals surface area contributed by atoms with Crippen LogP contribution in [0.3, 0.4) is 0 Å². The number of carbonyl (C=O) groups is 1. The lowest BCUT2D eigenvalue weighted by molar-refractivity contribution is 0.0926. The summed E-state index contributed by atoms with van der Waals surface area (Å²) in [4.78, 5) is 12.1. The van der Waals surface area contributed by atoms with E-state index < -0.39 is 11.7 Å². The first-order valence-electron chi connectivity index (χ1n) is 6.23. The van der Waals surface area contributed by atoms with Crippen LogP contribution in [0.4, 0.5) is 10.1 Å². The highest BCUT2D eigenvalue weighted by Crippen LogP contribution is 2.31. The van der Waals surface area contributed by atoms with Crippen LogP contribution >= 0.6 is 0 Å². The number of para-hydroxylation sites is 1. The molecule has 0 bridgehead atoms. The Morgan fingerprint density at radius 1 is 1.30 bits per heavy atom. The Hall–Kier alpha value is -2.56. The molecule has 102 valence electrons. The molecule has 1 unspecified atom stereocenters. The maximum Gasteiger partial charge on any atom is 0.254 e. The van der Waals surface area contributed by atoms with Crippen molar-refractivity contribution in [2.24, 2.45) is 0 Å². The molecule has 1 aliphatic rings. The monoisotopic (exact) mass is 272 g/mol. The Kier molecular flexibility index (Phi) is 3.02. The van der Waals surface area contributed by atoms with Crippen molar-refractivity contribution in [3.8, 4) is 5.75 Å². The third kappa shape index (κ3) is 2.18. The summed E-state index contributed by atoms with van der Waals surface area (Å²) in [6, 6.07) is 11.2. The lowest BCUT2D eigenvalue weighted by Gasteiger charge is -2.12. The van der Waals surface area contributed by atoms with Crippen LogP contribution in [0.1, 0.15) is 22.0 Å². The summed E-state index contributed by atoms with van der Waals surface area (Å²) in [5, 5.41) is 2.77. The molecular weight excluding hydrogens is 259 g/mol. The molecule has 2 aromatic rings. The van der Waals surface area contributed by atoms with Crippen LogP contribution < -0.4 is 15.8 Å². The lowest BCUT2D eigenvalue weighted by Crippen LogP contribution is -2.30. The fraction of sp³-hybridized carbons (Fsp3) is 0.133. The summed E-state index contributed by atoms with van der Waals surface area (Å²) >= 11 is 0. The fourth-order valence-corrected chi connectivity index (χ4v) is 2.23. The van der Waals surface area contributed by atoms with Gasteiger partial charge in [0.2, 0.25) is 0 Å². The number of carbonyl (C=O) groups excluding carboxylic acids is 1. The zero-order valence-electron chi connectivity index (χ0n) is 10.6. The number of halogens is 1. The summed E-state index contributed by atoms with van der Waals surface area (Å²) < 4.78 is 19.2. The molecule has 1 amide bonds. The second kappa shape index (κ2) is 4.85. The van der Waals surface area contributed by atoms with Crippen molar-refractivity contribution >= 4 is 11.6 Å². The highest BCUT2D eigenvalue weighted by Gasteiger charge is 2.26. The second-order valence-electron chi connectivity index (χ2n) is 4.61. The Morgan fingerprint density at radius 3 is 2.90 bits per heavy atom. The Labute approximate surface area is 115 Å². The standard InChI is InChI=1S/C15H13FN2O2/c16-12-7-9(17)5-6-10(12)15(19)18-13-8-20-14-4-2-1-3-11(13)14/h1-7,13H,8,17H2,(H,18,19). The summed E-state index contributed by atoms with van der Waals surface area (Å²) in [5.41, 5.74) is 6.62. The summed E-state index contributed by atoms with van der Waals surface area (Å²) in [6.07, 6.45) is 0. The molecule has 5 heteroatoms. The first kappa shape index (κ1) is 12.5. The van der Waals surface area contributed by atoms with Crippen molar-refractivity contribution in [3.63, 3.8) is 0 Å². The minimum absolute atomic E-state index is 0.0245. The normalized spacial score (nSPS) is 16.4. The van der Waals surface area contributed by atoms with Gasteiger partial charge in [-0.05, 0) is 24.3 Å². The van der Waals surface area contributed by atoms with E-state index in [1.54, 1.807) is 0 Å². The maximum atomic E-state index is 13.7. The van der Waals surface area contributed by atoms with Crippen molar-refractivity contribution in [2.75, 3.05) is 12.3 Å². The van der Waals surface area contributed by atoms with E-state index in [1.807, 2.05) is 24.3 Å². The number of nitrogen functional groups attached to an aromatic ring is 1. The maximum absolute atomic E-state index is 13.7. The molecule has 1 aliphatic heterocycles. The van der Waals surface area contributed by atoms with Crippen molar-refractivity contribution < 1.29 is 13.9 Å². The van der Waals surface area contributed by atoms with Gasteiger partial charge in [0.15, 0.2) is 0 Å². The molecule has 0 aliphatic carbocycles. The highest BCUT2D eigenvalue weighted by atomic mass is 19.1. The summed E-state index contributed by atoms with van der Waals surface area (Å²) in [6.45, 7) is 0.349. The second-order valence-corrected chi connectivity index (χ2v) is 4.61. The van der Waals surface area contributed by atoms with Gasteiger partial charge in [-0.15, -0.1) is 0 Å². The molecule has 2 aromatic carbocycles. The Morgan fingerprint density at radius 2 is 2.10 bits per heavy atom. The summed E-state index contributed by atoms with van der Waals surface area (Å²) in [7, 11) is 0. The first-order valence-corrected chi connectivity index (χ1v) is 6.23. The van der Waals surface area contributed by atoms with Gasteiger partial charge in [0.1, 0.15) is 18.2 Å². The number of nitrogens with two attached hydrogens (primary N) is 1. The number of nitrogens with one attached hydrogen (secondary N) is 1. The van der Waals surface area contributed by atoms with Gasteiger partial charge in [-0.2, -0.15) is 0 Å². The Balaban J connectivity index is 1.81. The minimum atomic E-state index is -0.630. The molecule has 1 atom stereocenters. The van der Waals surface area contributed by atoms with Crippen LogP contribution in [-0.2, 0) is 0 Å². The first-order chi connectivity index (χ1) is 9.65. The van der Waals surface area contributed by atoms with Crippen LogP contribution in [0, 0.1) is 5.82 Å². The van der Waals surface area contributed by atoms with Gasteiger partial charge in [0.25, 0.3) is 5.91 Å². The van der Waals surface area contributed by atoms with Gasteiger partial charge < -0.3 is 15.8 Å². The van der Waals surface area contributed by atoms with Gasteiger partial charge in [0, 0.05) is 11.3 Å². The van der Waals surface area contributed by atoms with Crippen LogP contribution in [-0.4, -0.2) is 12.5 Å². The predicted octanol–water partition coefficient (Wildman–Crippen LogP) is 2.27. The van der Waals surface area contributed by atoms with Gasteiger partial charge in [-0.1, -0.05) is 18.2 Å². The summed E-state index contributed by atoms with van der Waals surface area (Å²) in [5.74, 6) is -0.363. The number of hydrogen-bond donors (Lipinski definition) is 2. The molecule has 20 heavy (non-hydrogen) atoms. The zero-order valence-corrected chi connectivity index (χ0v) is 10.6. The zero-order chi connectivity index (χ0) is 14.1. The van der Waals surface area contributed by atoms with Crippen molar-refractivity contribution in [1.29, 1.82) is 0 Å². The smallest absolute Gasteiger partial charge is 0.254 e. The average molecular weight is 272 g/mol. The number of rotatable bonds is 2. The van der Waals surface area contributed by atoms with E-state index in [0.29, 0.717) is 6.61 Å². The van der Waals surface area contributed by atoms with Crippen LogP contribution in [0.2, 0.25) is 0 Å². The van der Waals surface area contributed by atoms with Crippen molar-refractivity contribution in [3.05, 3.63) is 59.4 Å². The number of fused-ring (bicyclic) bond motifs is 1. The molecule has 0 fully saturated rings. The number of hydrogen-bond acceptors (Lipinski definition) is 3. The molecule has 4 nitrogen and oxygen atoms in total. The average Bonchev–Trinajstić information content (AvgIpc) is 2.82. The number of ether oxygens (including phenoxy) is 1. The molecule has 0 saturated heterocycles. The van der Waals surface area contributed by atoms with Gasteiger partial charge in [-0.25, -0.2) is 4.39 Å². The molecule has 0 aromatic heterocycles. The number of benzene rings is 2. The molecule has 0 spiro atoms. The highest BCUT2D eigenvalue weighted by molar-refractivity contribution is 5.95. The van der Waals surface area contributed by atoms with E-state index in [-0.39, 0.29) is 17.3 Å². The molecule has 3 rings (SSSR count). The lowest BCUT2D eigenvalue weighted by atomic mass is 10.1. The van der Waals surface area contributed by atoms with E-state index in [4.69, 9.17) is 10.5 Å². The molecule has 0 radical (unpaired) electrons. The van der Waals surface area contributed by atoms with Gasteiger partial charge >= 0.3 is 0 Å². The van der Waals surface area contributed by atoms with E-state index in [0.717, 1.165) is 17.4 Å². The van der Waals surface area contributed by atoms with E-state index >= 15 is 0 Å². The predicted molar refractivity (Wildman–Crippen MR) is 73.0 cm³/mol. The number of anilines is 1. The Bertz CT molecular complexity index is 673. The van der Waals surface area contributed by atoms with Crippen molar-refractivity contribution in [1.82, 2.24) is 5.32 Å². The number of amides is 1. The van der Waals surface area contributed by atoms with Crippen molar-refractivity contribution in [2.45, 2.75) is 6.04 Å². The third-order valence-electron chi connectivity index (χ3n) is 3.24. The molecule has 1 heterocycles. The molecule has 3 N–H and O–H groups in total. The SMILES string of the molecule is Nc1ccc(C(=O)NC2COc3ccccc32)c(F)c1. The topological polar surface area (TPSA) is 64.4 Å². The largest absolute Gasteiger partial charge is 0.491 e. The molecular formula is C15H13FN2O2. The minimum Gasteiger partial charge on any atom is -0.491 e.